The van der Waals surface area contributed by atoms with Crippen molar-refractivity contribution < 1.29 is 4.79 Å². The Balaban J connectivity index is 1.88. The second kappa shape index (κ2) is 10.3. The highest BCUT2D eigenvalue weighted by molar-refractivity contribution is 6.01. The van der Waals surface area contributed by atoms with Crippen LogP contribution in [0.25, 0.3) is 16.9 Å². The van der Waals surface area contributed by atoms with Gasteiger partial charge in [0.15, 0.2) is 0 Å². The first-order chi connectivity index (χ1) is 16.2. The van der Waals surface area contributed by atoms with Crippen molar-refractivity contribution in [3.8, 4) is 16.9 Å². The first-order valence-corrected chi connectivity index (χ1v) is 11.7. The van der Waals surface area contributed by atoms with E-state index in [-0.39, 0.29) is 11.9 Å². The van der Waals surface area contributed by atoms with Gasteiger partial charge >= 0.3 is 0 Å². The summed E-state index contributed by atoms with van der Waals surface area (Å²) in [5, 5.41) is 5.00. The average Bonchev–Trinajstić information content (AvgIpc) is 3.25. The third-order valence-corrected chi connectivity index (χ3v) is 6.09. The van der Waals surface area contributed by atoms with E-state index in [1.165, 1.54) is 0 Å². The van der Waals surface area contributed by atoms with Crippen molar-refractivity contribution in [3.05, 3.63) is 108 Å². The summed E-state index contributed by atoms with van der Waals surface area (Å²) in [6.45, 7) is 4.27. The van der Waals surface area contributed by atoms with Crippen LogP contribution in [0, 0.1) is 0 Å². The number of aromatic nitrogens is 2. The largest absolute Gasteiger partial charge is 0.335 e. The normalized spacial score (nSPS) is 11.8. The SMILES string of the molecule is CCCc1c(C(=O)N(C)C(CC)c2ccccc2)c(-c2ccccc2)nn1-c1ccccc1. The van der Waals surface area contributed by atoms with Gasteiger partial charge in [0.2, 0.25) is 0 Å². The minimum Gasteiger partial charge on any atom is -0.335 e. The van der Waals surface area contributed by atoms with Gasteiger partial charge in [-0.2, -0.15) is 5.10 Å². The Morgan fingerprint density at radius 3 is 2.03 bits per heavy atom. The number of carbonyl (C=O) groups is 1. The van der Waals surface area contributed by atoms with Gasteiger partial charge in [-0.1, -0.05) is 99.1 Å². The van der Waals surface area contributed by atoms with Crippen LogP contribution in [0.3, 0.4) is 0 Å². The van der Waals surface area contributed by atoms with Crippen LogP contribution < -0.4 is 0 Å². The Hall–Kier alpha value is -3.66. The molecular formula is C29H31N3O. The molecule has 0 aliphatic heterocycles. The van der Waals surface area contributed by atoms with Crippen LogP contribution in [-0.2, 0) is 6.42 Å². The molecule has 0 bridgehead atoms. The molecule has 0 radical (unpaired) electrons. The van der Waals surface area contributed by atoms with Crippen molar-refractivity contribution in [2.24, 2.45) is 0 Å². The fraction of sp³-hybridized carbons (Fsp3) is 0.241. The standard InChI is InChI=1S/C29H31N3O/c1-4-15-26-27(29(33)31(3)25(5-2)22-16-9-6-10-17-22)28(23-18-11-7-12-19-23)30-32(26)24-20-13-8-14-21-24/h6-14,16-21,25H,4-5,15H2,1-3H3. The number of hydrogen-bond acceptors (Lipinski definition) is 2. The lowest BCUT2D eigenvalue weighted by Crippen LogP contribution is -2.32. The molecule has 4 aromatic rings. The van der Waals surface area contributed by atoms with Gasteiger partial charge in [-0.05, 0) is 30.5 Å². The maximum atomic E-state index is 14.1. The Kier molecular flexibility index (Phi) is 7.04. The molecule has 0 aliphatic rings. The number of nitrogens with zero attached hydrogens (tertiary/aromatic N) is 3. The van der Waals surface area contributed by atoms with E-state index in [9.17, 15) is 4.79 Å². The highest BCUT2D eigenvalue weighted by Crippen LogP contribution is 2.32. The smallest absolute Gasteiger partial charge is 0.258 e. The quantitative estimate of drug-likeness (QED) is 0.307. The third-order valence-electron chi connectivity index (χ3n) is 6.09. The Bertz CT molecular complexity index is 1180. The zero-order chi connectivity index (χ0) is 23.2. The van der Waals surface area contributed by atoms with E-state index in [2.05, 4.69) is 26.0 Å². The molecule has 0 spiro atoms. The topological polar surface area (TPSA) is 38.1 Å². The Morgan fingerprint density at radius 1 is 0.879 bits per heavy atom. The molecule has 1 unspecified atom stereocenters. The minimum absolute atomic E-state index is 0.00289. The number of carbonyl (C=O) groups excluding carboxylic acids is 1. The van der Waals surface area contributed by atoms with E-state index in [1.807, 2.05) is 95.5 Å². The molecule has 1 amide bonds. The van der Waals surface area contributed by atoms with Crippen LogP contribution in [0.5, 0.6) is 0 Å². The third kappa shape index (κ3) is 4.61. The fourth-order valence-electron chi connectivity index (χ4n) is 4.45. The maximum absolute atomic E-state index is 14.1. The number of hydrogen-bond donors (Lipinski definition) is 0. The molecule has 0 aliphatic carbocycles. The number of rotatable bonds is 8. The lowest BCUT2D eigenvalue weighted by molar-refractivity contribution is 0.0725. The molecule has 1 aromatic heterocycles. The minimum atomic E-state index is -0.00289. The average molecular weight is 438 g/mol. The van der Waals surface area contributed by atoms with Crippen LogP contribution in [-0.4, -0.2) is 27.6 Å². The Morgan fingerprint density at radius 2 is 1.45 bits per heavy atom. The van der Waals surface area contributed by atoms with Crippen LogP contribution >= 0.6 is 0 Å². The molecule has 4 nitrogen and oxygen atoms in total. The monoisotopic (exact) mass is 437 g/mol. The summed E-state index contributed by atoms with van der Waals surface area (Å²) in [5.41, 5.74) is 5.46. The van der Waals surface area contributed by atoms with E-state index >= 15 is 0 Å². The second-order valence-corrected chi connectivity index (χ2v) is 8.28. The van der Waals surface area contributed by atoms with Gasteiger partial charge in [0.1, 0.15) is 5.69 Å². The van der Waals surface area contributed by atoms with E-state index in [1.54, 1.807) is 0 Å². The van der Waals surface area contributed by atoms with Gasteiger partial charge in [-0.15, -0.1) is 0 Å². The number of para-hydroxylation sites is 1. The summed E-state index contributed by atoms with van der Waals surface area (Å²) in [5.74, 6) is 0.00943. The van der Waals surface area contributed by atoms with Crippen LogP contribution in [0.15, 0.2) is 91.0 Å². The highest BCUT2D eigenvalue weighted by Gasteiger charge is 2.30. The van der Waals surface area contributed by atoms with E-state index in [0.29, 0.717) is 5.56 Å². The summed E-state index contributed by atoms with van der Waals surface area (Å²) < 4.78 is 1.95. The van der Waals surface area contributed by atoms with Crippen LogP contribution in [0.4, 0.5) is 0 Å². The zero-order valence-electron chi connectivity index (χ0n) is 19.6. The lowest BCUT2D eigenvalue weighted by Gasteiger charge is -2.28. The van der Waals surface area contributed by atoms with Gasteiger partial charge in [0.25, 0.3) is 5.91 Å². The van der Waals surface area contributed by atoms with E-state index in [4.69, 9.17) is 5.10 Å². The van der Waals surface area contributed by atoms with Crippen molar-refractivity contribution in [2.45, 2.75) is 39.2 Å². The Labute approximate surface area is 196 Å². The molecule has 4 rings (SSSR count). The summed E-state index contributed by atoms with van der Waals surface area (Å²) in [6, 6.07) is 30.4. The molecule has 1 heterocycles. The van der Waals surface area contributed by atoms with Crippen molar-refractivity contribution >= 4 is 5.91 Å². The molecule has 0 saturated carbocycles. The molecule has 3 aromatic carbocycles. The summed E-state index contributed by atoms with van der Waals surface area (Å²) in [4.78, 5) is 16.0. The summed E-state index contributed by atoms with van der Waals surface area (Å²) in [6.07, 6.45) is 2.53. The molecular weight excluding hydrogens is 406 g/mol. The molecule has 0 fully saturated rings. The summed E-state index contributed by atoms with van der Waals surface area (Å²) >= 11 is 0. The predicted molar refractivity (Wildman–Crippen MR) is 135 cm³/mol. The van der Waals surface area contributed by atoms with Crippen molar-refractivity contribution in [3.63, 3.8) is 0 Å². The first kappa shape index (κ1) is 22.5. The van der Waals surface area contributed by atoms with E-state index in [0.717, 1.165) is 47.5 Å². The molecule has 0 N–H and O–H groups in total. The molecule has 4 heteroatoms. The van der Waals surface area contributed by atoms with Crippen LogP contribution in [0.1, 0.15) is 54.3 Å². The zero-order valence-corrected chi connectivity index (χ0v) is 19.6. The molecule has 0 saturated heterocycles. The number of amides is 1. The fourth-order valence-corrected chi connectivity index (χ4v) is 4.45. The molecule has 168 valence electrons. The summed E-state index contributed by atoms with van der Waals surface area (Å²) in [7, 11) is 1.91. The molecule has 1 atom stereocenters. The molecule has 33 heavy (non-hydrogen) atoms. The van der Waals surface area contributed by atoms with Gasteiger partial charge in [-0.3, -0.25) is 4.79 Å². The van der Waals surface area contributed by atoms with Crippen molar-refractivity contribution in [2.75, 3.05) is 7.05 Å². The van der Waals surface area contributed by atoms with E-state index < -0.39 is 0 Å². The van der Waals surface area contributed by atoms with Crippen molar-refractivity contribution in [1.82, 2.24) is 14.7 Å². The highest BCUT2D eigenvalue weighted by atomic mass is 16.2. The predicted octanol–water partition coefficient (Wildman–Crippen LogP) is 6.72. The van der Waals surface area contributed by atoms with Crippen LogP contribution in [0.2, 0.25) is 0 Å². The van der Waals surface area contributed by atoms with Gasteiger partial charge < -0.3 is 4.90 Å². The van der Waals surface area contributed by atoms with Crippen molar-refractivity contribution in [1.29, 1.82) is 0 Å². The first-order valence-electron chi connectivity index (χ1n) is 11.7. The van der Waals surface area contributed by atoms with Gasteiger partial charge in [0.05, 0.1) is 23.0 Å². The number of benzene rings is 3. The lowest BCUT2D eigenvalue weighted by atomic mass is 9.99. The van der Waals surface area contributed by atoms with Gasteiger partial charge in [0, 0.05) is 12.6 Å². The second-order valence-electron chi connectivity index (χ2n) is 8.28. The maximum Gasteiger partial charge on any atom is 0.258 e. The van der Waals surface area contributed by atoms with Gasteiger partial charge in [-0.25, -0.2) is 4.68 Å².